The molecule has 6 heteroatoms. The summed E-state index contributed by atoms with van der Waals surface area (Å²) < 4.78 is 0.749. The standard InChI is InChI=1S/C11H16ClN3O2/c1-11(2,3)14(4)10(16)13-8-5-6-15(17)9(12)7-8/h5-7,17H,1-4H3. The average Bonchev–Trinajstić information content (AvgIpc) is 2.21. The number of urea groups is 1. The number of hydrogen-bond acceptors (Lipinski definition) is 2. The Morgan fingerprint density at radius 3 is 2.59 bits per heavy atom. The SMILES string of the molecule is CN(C(=O)N=c1ccn(O)c(Cl)c1)C(C)(C)C. The fraction of sp³-hybridized carbons (Fsp3) is 0.455. The van der Waals surface area contributed by atoms with Crippen LogP contribution in [0.4, 0.5) is 4.79 Å². The van der Waals surface area contributed by atoms with Crippen molar-refractivity contribution in [2.45, 2.75) is 26.3 Å². The van der Waals surface area contributed by atoms with Gasteiger partial charge < -0.3 is 10.1 Å². The van der Waals surface area contributed by atoms with E-state index in [9.17, 15) is 4.79 Å². The zero-order valence-corrected chi connectivity index (χ0v) is 11.1. The van der Waals surface area contributed by atoms with Gasteiger partial charge in [-0.3, -0.25) is 0 Å². The minimum absolute atomic E-state index is 0.0949. The summed E-state index contributed by atoms with van der Waals surface area (Å²) in [6, 6.07) is 2.56. The largest absolute Gasteiger partial charge is 0.428 e. The summed E-state index contributed by atoms with van der Waals surface area (Å²) in [5, 5.41) is 9.66. The van der Waals surface area contributed by atoms with Crippen LogP contribution in [0, 0.1) is 0 Å². The van der Waals surface area contributed by atoms with Gasteiger partial charge in [-0.15, -0.1) is 0 Å². The number of carbonyl (C=O) groups is 1. The number of aromatic nitrogens is 1. The third-order valence-electron chi connectivity index (χ3n) is 2.39. The van der Waals surface area contributed by atoms with E-state index in [-0.39, 0.29) is 16.7 Å². The van der Waals surface area contributed by atoms with Gasteiger partial charge >= 0.3 is 6.03 Å². The van der Waals surface area contributed by atoms with Crippen molar-refractivity contribution in [1.82, 2.24) is 9.63 Å². The van der Waals surface area contributed by atoms with Gasteiger partial charge in [0.25, 0.3) is 0 Å². The molecule has 0 aliphatic rings. The van der Waals surface area contributed by atoms with E-state index in [0.717, 1.165) is 4.73 Å². The van der Waals surface area contributed by atoms with E-state index in [2.05, 4.69) is 4.99 Å². The third kappa shape index (κ3) is 3.49. The molecule has 0 unspecified atom stereocenters. The summed E-state index contributed by atoms with van der Waals surface area (Å²) in [5.74, 6) is 0. The molecule has 1 rings (SSSR count). The molecule has 0 bridgehead atoms. The molecule has 0 radical (unpaired) electrons. The molecule has 0 fully saturated rings. The molecule has 0 aliphatic heterocycles. The zero-order chi connectivity index (χ0) is 13.2. The molecule has 17 heavy (non-hydrogen) atoms. The summed E-state index contributed by atoms with van der Waals surface area (Å²) >= 11 is 5.69. The van der Waals surface area contributed by atoms with Crippen LogP contribution in [0.15, 0.2) is 23.3 Å². The van der Waals surface area contributed by atoms with Gasteiger partial charge in [0.15, 0.2) is 0 Å². The van der Waals surface area contributed by atoms with E-state index in [0.29, 0.717) is 5.36 Å². The predicted molar refractivity (Wildman–Crippen MR) is 65.1 cm³/mol. The molecule has 0 aliphatic carbocycles. The van der Waals surface area contributed by atoms with Crippen molar-refractivity contribution in [3.8, 4) is 0 Å². The number of carbonyl (C=O) groups excluding carboxylic acids is 1. The average molecular weight is 258 g/mol. The van der Waals surface area contributed by atoms with Crippen LogP contribution in [0.5, 0.6) is 0 Å². The normalized spacial score (nSPS) is 12.6. The maximum Gasteiger partial charge on any atom is 0.344 e. The molecular weight excluding hydrogens is 242 g/mol. The Kier molecular flexibility index (Phi) is 3.83. The Balaban J connectivity index is 3.04. The first-order chi connectivity index (χ1) is 7.71. The van der Waals surface area contributed by atoms with Crippen LogP contribution in [-0.4, -0.2) is 33.5 Å². The van der Waals surface area contributed by atoms with Crippen LogP contribution in [0.3, 0.4) is 0 Å². The highest BCUT2D eigenvalue weighted by Gasteiger charge is 2.21. The zero-order valence-electron chi connectivity index (χ0n) is 10.3. The van der Waals surface area contributed by atoms with Crippen molar-refractivity contribution in [2.24, 2.45) is 4.99 Å². The number of amides is 2. The number of pyridine rings is 1. The molecule has 1 aromatic heterocycles. The Labute approximate surface area is 105 Å². The van der Waals surface area contributed by atoms with E-state index in [1.807, 2.05) is 20.8 Å². The quantitative estimate of drug-likeness (QED) is 0.572. The van der Waals surface area contributed by atoms with E-state index in [4.69, 9.17) is 16.8 Å². The first-order valence-electron chi connectivity index (χ1n) is 5.12. The molecular formula is C11H16ClN3O2. The van der Waals surface area contributed by atoms with Gasteiger partial charge in [0.2, 0.25) is 0 Å². The van der Waals surface area contributed by atoms with Crippen molar-refractivity contribution in [3.63, 3.8) is 0 Å². The summed E-state index contributed by atoms with van der Waals surface area (Å²) in [6.45, 7) is 5.75. The highest BCUT2D eigenvalue weighted by atomic mass is 35.5. The van der Waals surface area contributed by atoms with E-state index in [1.54, 1.807) is 7.05 Å². The molecule has 0 spiro atoms. The number of hydrogen-bond donors (Lipinski definition) is 1. The van der Waals surface area contributed by atoms with Crippen molar-refractivity contribution in [2.75, 3.05) is 7.05 Å². The van der Waals surface area contributed by atoms with Crippen LogP contribution in [-0.2, 0) is 0 Å². The van der Waals surface area contributed by atoms with Crippen molar-refractivity contribution >= 4 is 17.6 Å². The Morgan fingerprint density at radius 2 is 2.12 bits per heavy atom. The molecule has 0 saturated heterocycles. The molecule has 2 amide bonds. The Bertz CT molecular complexity index is 488. The summed E-state index contributed by atoms with van der Waals surface area (Å²) in [7, 11) is 1.68. The second-order valence-corrected chi connectivity index (χ2v) is 5.06. The van der Waals surface area contributed by atoms with Gasteiger partial charge in [0.1, 0.15) is 5.15 Å². The molecule has 94 valence electrons. The molecule has 1 aromatic rings. The number of nitrogens with zero attached hydrogens (tertiary/aromatic N) is 3. The smallest absolute Gasteiger partial charge is 0.344 e. The van der Waals surface area contributed by atoms with E-state index in [1.165, 1.54) is 23.2 Å². The van der Waals surface area contributed by atoms with Crippen LogP contribution in [0.25, 0.3) is 0 Å². The molecule has 0 saturated carbocycles. The summed E-state index contributed by atoms with van der Waals surface area (Å²) in [4.78, 5) is 17.2. The van der Waals surface area contributed by atoms with Crippen LogP contribution >= 0.6 is 11.6 Å². The lowest BCUT2D eigenvalue weighted by atomic mass is 10.1. The third-order valence-corrected chi connectivity index (χ3v) is 2.67. The van der Waals surface area contributed by atoms with Crippen molar-refractivity contribution < 1.29 is 10.0 Å². The summed E-state index contributed by atoms with van der Waals surface area (Å²) in [6.07, 6.45) is 1.32. The number of halogens is 1. The predicted octanol–water partition coefficient (Wildman–Crippen LogP) is 2.13. The molecule has 0 aromatic carbocycles. The maximum absolute atomic E-state index is 11.8. The Morgan fingerprint density at radius 1 is 1.53 bits per heavy atom. The fourth-order valence-electron chi connectivity index (χ4n) is 0.996. The van der Waals surface area contributed by atoms with Gasteiger partial charge in [-0.1, -0.05) is 11.6 Å². The van der Waals surface area contributed by atoms with Gasteiger partial charge in [-0.25, -0.2) is 4.79 Å². The van der Waals surface area contributed by atoms with Crippen molar-refractivity contribution in [1.29, 1.82) is 0 Å². The lowest BCUT2D eigenvalue weighted by molar-refractivity contribution is 0.174. The highest BCUT2D eigenvalue weighted by molar-refractivity contribution is 6.29. The minimum Gasteiger partial charge on any atom is -0.428 e. The highest BCUT2D eigenvalue weighted by Crippen LogP contribution is 2.11. The van der Waals surface area contributed by atoms with Crippen LogP contribution in [0.2, 0.25) is 5.15 Å². The second kappa shape index (κ2) is 4.79. The molecule has 5 nitrogen and oxygen atoms in total. The molecule has 0 atom stereocenters. The van der Waals surface area contributed by atoms with Gasteiger partial charge in [0, 0.05) is 24.8 Å². The Hall–Kier alpha value is -1.49. The maximum atomic E-state index is 11.8. The lowest BCUT2D eigenvalue weighted by Gasteiger charge is -2.30. The van der Waals surface area contributed by atoms with Gasteiger partial charge in [0.05, 0.1) is 5.36 Å². The van der Waals surface area contributed by atoms with E-state index < -0.39 is 0 Å². The first-order valence-corrected chi connectivity index (χ1v) is 5.49. The van der Waals surface area contributed by atoms with Gasteiger partial charge in [-0.05, 0) is 26.8 Å². The van der Waals surface area contributed by atoms with Crippen LogP contribution in [0.1, 0.15) is 20.8 Å². The summed E-state index contributed by atoms with van der Waals surface area (Å²) in [5.41, 5.74) is -0.296. The topological polar surface area (TPSA) is 57.8 Å². The monoisotopic (exact) mass is 257 g/mol. The van der Waals surface area contributed by atoms with Gasteiger partial charge in [-0.2, -0.15) is 9.72 Å². The van der Waals surface area contributed by atoms with E-state index >= 15 is 0 Å². The molecule has 1 N–H and O–H groups in total. The minimum atomic E-state index is -0.357. The van der Waals surface area contributed by atoms with Crippen LogP contribution < -0.4 is 5.36 Å². The van der Waals surface area contributed by atoms with Crippen molar-refractivity contribution in [3.05, 3.63) is 28.8 Å². The second-order valence-electron chi connectivity index (χ2n) is 4.68. The molecule has 1 heterocycles. The fourth-order valence-corrected chi connectivity index (χ4v) is 1.16. The first kappa shape index (κ1) is 13.6. The number of rotatable bonds is 0. The lowest BCUT2D eigenvalue weighted by Crippen LogP contribution is -2.41.